The first-order valence-corrected chi connectivity index (χ1v) is 8.58. The van der Waals surface area contributed by atoms with Gasteiger partial charge in [-0.1, -0.05) is 18.2 Å². The number of halogens is 3. The maximum Gasteiger partial charge on any atom is 0.416 e. The van der Waals surface area contributed by atoms with Crippen LogP contribution < -0.4 is 4.90 Å². The first kappa shape index (κ1) is 17.4. The van der Waals surface area contributed by atoms with Crippen molar-refractivity contribution in [3.8, 4) is 0 Å². The molecule has 0 spiro atoms. The molecule has 3 aromatic rings. The summed E-state index contributed by atoms with van der Waals surface area (Å²) in [5, 5.41) is 7.79. The van der Waals surface area contributed by atoms with Crippen LogP contribution in [0.3, 0.4) is 0 Å². The summed E-state index contributed by atoms with van der Waals surface area (Å²) in [4.78, 5) is 16.5. The first-order chi connectivity index (χ1) is 12.9. The standard InChI is InChI=1S/C19H17F3N4O/c20-19(21,22)13-5-7-14(8-6-13)25-9-11-26(12-10-25)18(27)17-15-3-1-2-4-16(15)23-24-17/h1-8H,9-12H2,(H,23,24). The molecule has 5 nitrogen and oxygen atoms in total. The molecule has 1 aliphatic rings. The lowest BCUT2D eigenvalue weighted by Crippen LogP contribution is -2.49. The molecule has 4 rings (SSSR count). The summed E-state index contributed by atoms with van der Waals surface area (Å²) in [5.41, 5.74) is 1.27. The molecule has 1 fully saturated rings. The highest BCUT2D eigenvalue weighted by Gasteiger charge is 2.30. The van der Waals surface area contributed by atoms with Crippen molar-refractivity contribution < 1.29 is 18.0 Å². The lowest BCUT2D eigenvalue weighted by atomic mass is 10.1. The molecule has 27 heavy (non-hydrogen) atoms. The lowest BCUT2D eigenvalue weighted by Gasteiger charge is -2.36. The molecule has 0 saturated carbocycles. The Bertz CT molecular complexity index is 957. The van der Waals surface area contributed by atoms with Gasteiger partial charge < -0.3 is 9.80 Å². The van der Waals surface area contributed by atoms with Crippen LogP contribution in [0.15, 0.2) is 48.5 Å². The Hall–Kier alpha value is -3.03. The zero-order chi connectivity index (χ0) is 19.0. The number of rotatable bonds is 2. The van der Waals surface area contributed by atoms with Gasteiger partial charge in [0.1, 0.15) is 0 Å². The number of alkyl halides is 3. The summed E-state index contributed by atoms with van der Waals surface area (Å²) in [6, 6.07) is 12.6. The number of aromatic nitrogens is 2. The van der Waals surface area contributed by atoms with E-state index in [1.165, 1.54) is 12.1 Å². The molecule has 2 heterocycles. The van der Waals surface area contributed by atoms with Crippen molar-refractivity contribution in [2.24, 2.45) is 0 Å². The molecule has 0 atom stereocenters. The van der Waals surface area contributed by atoms with Gasteiger partial charge >= 0.3 is 6.18 Å². The Kier molecular flexibility index (Phi) is 4.25. The summed E-state index contributed by atoms with van der Waals surface area (Å²) in [6.45, 7) is 2.08. The molecule has 0 bridgehead atoms. The fourth-order valence-corrected chi connectivity index (χ4v) is 3.31. The van der Waals surface area contributed by atoms with E-state index in [4.69, 9.17) is 0 Å². The van der Waals surface area contributed by atoms with Gasteiger partial charge in [-0.15, -0.1) is 0 Å². The predicted octanol–water partition coefficient (Wildman–Crippen LogP) is 3.54. The topological polar surface area (TPSA) is 52.2 Å². The molecule has 0 unspecified atom stereocenters. The smallest absolute Gasteiger partial charge is 0.368 e. The number of nitrogens with zero attached hydrogens (tertiary/aromatic N) is 3. The largest absolute Gasteiger partial charge is 0.416 e. The Morgan fingerprint density at radius 1 is 0.963 bits per heavy atom. The average molecular weight is 374 g/mol. The third kappa shape index (κ3) is 3.34. The highest BCUT2D eigenvalue weighted by atomic mass is 19.4. The number of piperazine rings is 1. The van der Waals surface area contributed by atoms with E-state index in [1.807, 2.05) is 29.2 Å². The van der Waals surface area contributed by atoms with E-state index in [-0.39, 0.29) is 5.91 Å². The molecular formula is C19H17F3N4O. The number of hydrogen-bond donors (Lipinski definition) is 1. The van der Waals surface area contributed by atoms with E-state index < -0.39 is 11.7 Å². The normalized spacial score (nSPS) is 15.4. The quantitative estimate of drug-likeness (QED) is 0.747. The van der Waals surface area contributed by atoms with Crippen LogP contribution in [-0.2, 0) is 6.18 Å². The molecule has 140 valence electrons. The Labute approximate surface area is 153 Å². The number of carbonyl (C=O) groups is 1. The molecule has 1 aliphatic heterocycles. The van der Waals surface area contributed by atoms with Crippen LogP contribution in [0.4, 0.5) is 18.9 Å². The van der Waals surface area contributed by atoms with E-state index in [9.17, 15) is 18.0 Å². The van der Waals surface area contributed by atoms with E-state index in [0.717, 1.165) is 28.7 Å². The molecule has 1 amide bonds. The average Bonchev–Trinajstić information content (AvgIpc) is 3.11. The van der Waals surface area contributed by atoms with Gasteiger partial charge in [0.05, 0.1) is 11.1 Å². The van der Waals surface area contributed by atoms with E-state index in [2.05, 4.69) is 10.2 Å². The number of benzene rings is 2. The number of H-pyrrole nitrogens is 1. The van der Waals surface area contributed by atoms with Crippen LogP contribution in [0.5, 0.6) is 0 Å². The second-order valence-corrected chi connectivity index (χ2v) is 6.44. The number of nitrogens with one attached hydrogen (secondary N) is 1. The number of para-hydroxylation sites is 1. The van der Waals surface area contributed by atoms with Gasteiger partial charge in [0.15, 0.2) is 5.69 Å². The summed E-state index contributed by atoms with van der Waals surface area (Å²) >= 11 is 0. The third-order valence-corrected chi connectivity index (χ3v) is 4.80. The van der Waals surface area contributed by atoms with Gasteiger partial charge in [-0.2, -0.15) is 18.3 Å². The maximum absolute atomic E-state index is 12.8. The molecule has 1 aromatic heterocycles. The molecule has 0 radical (unpaired) electrons. The van der Waals surface area contributed by atoms with Gasteiger partial charge in [-0.3, -0.25) is 9.89 Å². The van der Waals surface area contributed by atoms with Crippen LogP contribution >= 0.6 is 0 Å². The molecule has 0 aliphatic carbocycles. The molecule has 1 saturated heterocycles. The first-order valence-electron chi connectivity index (χ1n) is 8.58. The van der Waals surface area contributed by atoms with Crippen LogP contribution in [0.1, 0.15) is 16.1 Å². The Morgan fingerprint density at radius 3 is 2.30 bits per heavy atom. The number of fused-ring (bicyclic) bond motifs is 1. The van der Waals surface area contributed by atoms with Gasteiger partial charge in [-0.25, -0.2) is 0 Å². The fraction of sp³-hybridized carbons (Fsp3) is 0.263. The number of carbonyl (C=O) groups excluding carboxylic acids is 1. The number of amides is 1. The minimum Gasteiger partial charge on any atom is -0.368 e. The Balaban J connectivity index is 1.43. The van der Waals surface area contributed by atoms with Crippen LogP contribution in [0, 0.1) is 0 Å². The van der Waals surface area contributed by atoms with Crippen molar-refractivity contribution in [3.63, 3.8) is 0 Å². The number of aromatic amines is 1. The summed E-state index contributed by atoms with van der Waals surface area (Å²) in [5.74, 6) is -0.139. The number of anilines is 1. The molecule has 2 aromatic carbocycles. The van der Waals surface area contributed by atoms with Crippen molar-refractivity contribution in [2.75, 3.05) is 31.1 Å². The fourth-order valence-electron chi connectivity index (χ4n) is 3.31. The second-order valence-electron chi connectivity index (χ2n) is 6.44. The second kappa shape index (κ2) is 6.61. The van der Waals surface area contributed by atoms with E-state index in [1.54, 1.807) is 4.90 Å². The summed E-state index contributed by atoms with van der Waals surface area (Å²) < 4.78 is 38.0. The summed E-state index contributed by atoms with van der Waals surface area (Å²) in [7, 11) is 0. The highest BCUT2D eigenvalue weighted by molar-refractivity contribution is 6.04. The lowest BCUT2D eigenvalue weighted by molar-refractivity contribution is -0.137. The van der Waals surface area contributed by atoms with Crippen LogP contribution in [-0.4, -0.2) is 47.2 Å². The van der Waals surface area contributed by atoms with Crippen molar-refractivity contribution in [2.45, 2.75) is 6.18 Å². The zero-order valence-electron chi connectivity index (χ0n) is 14.3. The monoisotopic (exact) mass is 374 g/mol. The van der Waals surface area contributed by atoms with Crippen molar-refractivity contribution in [3.05, 3.63) is 59.8 Å². The third-order valence-electron chi connectivity index (χ3n) is 4.80. The Morgan fingerprint density at radius 2 is 1.63 bits per heavy atom. The van der Waals surface area contributed by atoms with Crippen LogP contribution in [0.25, 0.3) is 10.9 Å². The van der Waals surface area contributed by atoms with Crippen molar-refractivity contribution in [1.82, 2.24) is 15.1 Å². The van der Waals surface area contributed by atoms with Gasteiger partial charge in [0, 0.05) is 37.3 Å². The van der Waals surface area contributed by atoms with Gasteiger partial charge in [0.25, 0.3) is 5.91 Å². The number of hydrogen-bond acceptors (Lipinski definition) is 3. The van der Waals surface area contributed by atoms with Crippen molar-refractivity contribution in [1.29, 1.82) is 0 Å². The molecular weight excluding hydrogens is 357 g/mol. The van der Waals surface area contributed by atoms with E-state index in [0.29, 0.717) is 31.9 Å². The molecule has 1 N–H and O–H groups in total. The van der Waals surface area contributed by atoms with Gasteiger partial charge in [0.2, 0.25) is 0 Å². The summed E-state index contributed by atoms with van der Waals surface area (Å²) in [6.07, 6.45) is -4.34. The highest BCUT2D eigenvalue weighted by Crippen LogP contribution is 2.30. The van der Waals surface area contributed by atoms with Crippen LogP contribution in [0.2, 0.25) is 0 Å². The SMILES string of the molecule is O=C(c1n[nH]c2ccccc12)N1CCN(c2ccc(C(F)(F)F)cc2)CC1. The van der Waals surface area contributed by atoms with E-state index >= 15 is 0 Å². The minimum atomic E-state index is -4.34. The zero-order valence-corrected chi connectivity index (χ0v) is 14.3. The van der Waals surface area contributed by atoms with Gasteiger partial charge in [-0.05, 0) is 30.3 Å². The predicted molar refractivity (Wildman–Crippen MR) is 95.7 cm³/mol. The molecule has 8 heteroatoms. The maximum atomic E-state index is 12.8. The minimum absolute atomic E-state index is 0.139. The van der Waals surface area contributed by atoms with Crippen molar-refractivity contribution >= 4 is 22.5 Å².